The molecule has 1 fully saturated rings. The van der Waals surface area contributed by atoms with Gasteiger partial charge in [-0.2, -0.15) is 0 Å². The van der Waals surface area contributed by atoms with Gasteiger partial charge in [0.1, 0.15) is 0 Å². The van der Waals surface area contributed by atoms with E-state index in [2.05, 4.69) is 12.2 Å². The lowest BCUT2D eigenvalue weighted by Crippen LogP contribution is -2.57. The first-order valence-corrected chi connectivity index (χ1v) is 6.93. The first kappa shape index (κ1) is 14.4. The lowest BCUT2D eigenvalue weighted by molar-refractivity contribution is -0.132. The minimum atomic E-state index is -0.544. The summed E-state index contributed by atoms with van der Waals surface area (Å²) in [7, 11) is 0. The number of nitrogens with two attached hydrogens (primary N) is 1. The number of carbonyl (C=O) groups is 1. The summed E-state index contributed by atoms with van der Waals surface area (Å²) in [6, 6.07) is 0. The molecule has 0 spiro atoms. The van der Waals surface area contributed by atoms with E-state index >= 15 is 0 Å². The molecule has 1 amide bonds. The van der Waals surface area contributed by atoms with Gasteiger partial charge in [-0.05, 0) is 32.6 Å². The smallest absolute Gasteiger partial charge is 0.226 e. The van der Waals surface area contributed by atoms with Crippen LogP contribution in [-0.4, -0.2) is 16.4 Å². The molecule has 3 N–H and O–H groups in total. The summed E-state index contributed by atoms with van der Waals surface area (Å²) in [5, 5.41) is 3.07. The van der Waals surface area contributed by atoms with E-state index in [1.165, 1.54) is 0 Å². The molecule has 0 aliphatic heterocycles. The fourth-order valence-corrected chi connectivity index (χ4v) is 2.70. The van der Waals surface area contributed by atoms with E-state index in [9.17, 15) is 4.79 Å². The molecule has 0 aromatic rings. The van der Waals surface area contributed by atoms with Crippen molar-refractivity contribution in [3.63, 3.8) is 0 Å². The van der Waals surface area contributed by atoms with Gasteiger partial charge in [-0.3, -0.25) is 4.79 Å². The lowest BCUT2D eigenvalue weighted by atomic mass is 9.81. The third-order valence-corrected chi connectivity index (χ3v) is 4.81. The Morgan fingerprint density at radius 2 is 1.94 bits per heavy atom. The zero-order chi connectivity index (χ0) is 13.1. The van der Waals surface area contributed by atoms with Gasteiger partial charge in [0, 0.05) is 5.41 Å². The van der Waals surface area contributed by atoms with E-state index < -0.39 is 5.54 Å². The number of hydrogen-bond donors (Lipinski definition) is 2. The molecule has 1 rings (SSSR count). The van der Waals surface area contributed by atoms with Gasteiger partial charge in [-0.25, -0.2) is 0 Å². The fourth-order valence-electron chi connectivity index (χ4n) is 2.50. The van der Waals surface area contributed by atoms with Gasteiger partial charge in [0.05, 0.1) is 10.5 Å². The van der Waals surface area contributed by atoms with Crippen molar-refractivity contribution in [2.75, 3.05) is 0 Å². The van der Waals surface area contributed by atoms with Crippen LogP contribution in [0, 0.1) is 5.41 Å². The summed E-state index contributed by atoms with van der Waals surface area (Å²) in [5.74, 6) is 0.134. The van der Waals surface area contributed by atoms with E-state index in [-0.39, 0.29) is 11.3 Å². The number of hydrogen-bond acceptors (Lipinski definition) is 2. The summed E-state index contributed by atoms with van der Waals surface area (Å²) >= 11 is 5.06. The topological polar surface area (TPSA) is 55.1 Å². The van der Waals surface area contributed by atoms with Crippen molar-refractivity contribution in [1.29, 1.82) is 0 Å². The van der Waals surface area contributed by atoms with E-state index in [1.807, 2.05) is 13.8 Å². The molecular weight excluding hydrogens is 232 g/mol. The van der Waals surface area contributed by atoms with Crippen LogP contribution in [0.4, 0.5) is 0 Å². The van der Waals surface area contributed by atoms with Crippen molar-refractivity contribution in [2.45, 2.75) is 64.8 Å². The van der Waals surface area contributed by atoms with E-state index in [4.69, 9.17) is 18.0 Å². The zero-order valence-electron chi connectivity index (χ0n) is 11.1. The molecule has 1 aliphatic rings. The number of rotatable bonds is 5. The predicted molar refractivity (Wildman–Crippen MR) is 74.8 cm³/mol. The Balaban J connectivity index is 2.80. The molecule has 1 atom stereocenters. The van der Waals surface area contributed by atoms with Gasteiger partial charge in [0.25, 0.3) is 0 Å². The van der Waals surface area contributed by atoms with E-state index in [1.54, 1.807) is 0 Å². The number of carbonyl (C=O) groups excluding carboxylic acids is 1. The normalized spacial score (nSPS) is 21.8. The molecule has 0 heterocycles. The van der Waals surface area contributed by atoms with Crippen LogP contribution in [0.1, 0.15) is 59.3 Å². The third-order valence-electron chi connectivity index (χ3n) is 4.36. The molecule has 0 radical (unpaired) electrons. The Bertz CT molecular complexity index is 311. The first-order chi connectivity index (χ1) is 7.90. The molecule has 3 nitrogen and oxygen atoms in total. The highest BCUT2D eigenvalue weighted by Gasteiger charge is 2.42. The van der Waals surface area contributed by atoms with Crippen molar-refractivity contribution >= 4 is 23.1 Å². The summed E-state index contributed by atoms with van der Waals surface area (Å²) in [4.78, 5) is 12.8. The largest absolute Gasteiger partial charge is 0.391 e. The van der Waals surface area contributed by atoms with Gasteiger partial charge in [0.15, 0.2) is 0 Å². The Labute approximate surface area is 110 Å². The molecule has 17 heavy (non-hydrogen) atoms. The van der Waals surface area contributed by atoms with Gasteiger partial charge in [0.2, 0.25) is 5.91 Å². The molecule has 1 saturated carbocycles. The Kier molecular flexibility index (Phi) is 4.53. The summed E-state index contributed by atoms with van der Waals surface area (Å²) in [6.45, 7) is 5.99. The van der Waals surface area contributed by atoms with Gasteiger partial charge in [-0.15, -0.1) is 0 Å². The standard InChI is InChI=1S/C13H24N2OS/c1-4-12(3,10(14)17)15-11(16)13(5-2)8-6-7-9-13/h4-9H2,1-3H3,(H2,14,17)(H,15,16). The highest BCUT2D eigenvalue weighted by atomic mass is 32.1. The lowest BCUT2D eigenvalue weighted by Gasteiger charge is -2.34. The molecule has 0 saturated heterocycles. The Hall–Kier alpha value is -0.640. The van der Waals surface area contributed by atoms with Crippen molar-refractivity contribution in [3.05, 3.63) is 0 Å². The van der Waals surface area contributed by atoms with Crippen molar-refractivity contribution in [3.8, 4) is 0 Å². The van der Waals surface area contributed by atoms with Crippen LogP contribution in [0.3, 0.4) is 0 Å². The van der Waals surface area contributed by atoms with Crippen LogP contribution < -0.4 is 11.1 Å². The first-order valence-electron chi connectivity index (χ1n) is 6.53. The second kappa shape index (κ2) is 5.34. The number of nitrogens with one attached hydrogen (secondary N) is 1. The van der Waals surface area contributed by atoms with Crippen LogP contribution in [0.5, 0.6) is 0 Å². The highest BCUT2D eigenvalue weighted by molar-refractivity contribution is 7.80. The van der Waals surface area contributed by atoms with Crippen molar-refractivity contribution in [1.82, 2.24) is 5.32 Å². The summed E-state index contributed by atoms with van der Waals surface area (Å²) in [6.07, 6.45) is 5.91. The second-order valence-corrected chi connectivity index (χ2v) is 5.78. The molecule has 1 unspecified atom stereocenters. The zero-order valence-corrected chi connectivity index (χ0v) is 12.0. The van der Waals surface area contributed by atoms with Crippen LogP contribution in [-0.2, 0) is 4.79 Å². The minimum Gasteiger partial charge on any atom is -0.391 e. The molecule has 0 aromatic carbocycles. The molecule has 4 heteroatoms. The van der Waals surface area contributed by atoms with Gasteiger partial charge in [-0.1, -0.05) is 38.9 Å². The maximum absolute atomic E-state index is 12.5. The quantitative estimate of drug-likeness (QED) is 0.743. The highest BCUT2D eigenvalue weighted by Crippen LogP contribution is 2.41. The second-order valence-electron chi connectivity index (χ2n) is 5.35. The predicted octanol–water partition coefficient (Wildman–Crippen LogP) is 2.53. The SMILES string of the molecule is CCC1(C(=O)NC(C)(CC)C(N)=S)CCCC1. The van der Waals surface area contributed by atoms with Crippen molar-refractivity contribution < 1.29 is 4.79 Å². The molecule has 98 valence electrons. The van der Waals surface area contributed by atoms with Crippen molar-refractivity contribution in [2.24, 2.45) is 11.1 Å². The van der Waals surface area contributed by atoms with Gasteiger partial charge >= 0.3 is 0 Å². The van der Waals surface area contributed by atoms with E-state index in [0.29, 0.717) is 4.99 Å². The average Bonchev–Trinajstić information content (AvgIpc) is 2.78. The van der Waals surface area contributed by atoms with Crippen LogP contribution in [0.2, 0.25) is 0 Å². The summed E-state index contributed by atoms with van der Waals surface area (Å²) in [5.41, 5.74) is 5.01. The molecular formula is C13H24N2OS. The van der Waals surface area contributed by atoms with Crippen LogP contribution >= 0.6 is 12.2 Å². The minimum absolute atomic E-state index is 0.134. The molecule has 1 aliphatic carbocycles. The number of amides is 1. The average molecular weight is 256 g/mol. The maximum atomic E-state index is 12.5. The Morgan fingerprint density at radius 3 is 2.29 bits per heavy atom. The van der Waals surface area contributed by atoms with Crippen LogP contribution in [0.25, 0.3) is 0 Å². The maximum Gasteiger partial charge on any atom is 0.226 e. The fraction of sp³-hybridized carbons (Fsp3) is 0.846. The van der Waals surface area contributed by atoms with Gasteiger partial charge < -0.3 is 11.1 Å². The summed E-state index contributed by atoms with van der Waals surface area (Å²) < 4.78 is 0. The van der Waals surface area contributed by atoms with Crippen LogP contribution in [0.15, 0.2) is 0 Å². The molecule has 0 bridgehead atoms. The third kappa shape index (κ3) is 2.79. The monoisotopic (exact) mass is 256 g/mol. The number of thiocarbonyl (C=S) groups is 1. The van der Waals surface area contributed by atoms with E-state index in [0.717, 1.165) is 38.5 Å². The Morgan fingerprint density at radius 1 is 1.41 bits per heavy atom. The molecule has 0 aromatic heterocycles.